The summed E-state index contributed by atoms with van der Waals surface area (Å²) in [6, 6.07) is 13.8. The number of hydrogen-bond donors (Lipinski definition) is 0. The zero-order chi connectivity index (χ0) is 14.9. The second-order valence-corrected chi connectivity index (χ2v) is 4.30. The first-order chi connectivity index (χ1) is 10.3. The molecule has 0 aliphatic heterocycles. The van der Waals surface area contributed by atoms with E-state index in [1.54, 1.807) is 12.1 Å². The zero-order valence-corrected chi connectivity index (χ0v) is 11.3. The lowest BCUT2D eigenvalue weighted by Gasteiger charge is -2.06. The first-order valence-corrected chi connectivity index (χ1v) is 6.42. The van der Waals surface area contributed by atoms with E-state index in [1.807, 2.05) is 36.4 Å². The van der Waals surface area contributed by atoms with Crippen LogP contribution >= 0.6 is 0 Å². The summed E-state index contributed by atoms with van der Waals surface area (Å²) in [6.45, 7) is 0.651. The van der Waals surface area contributed by atoms with E-state index < -0.39 is 0 Å². The minimum Gasteiger partial charge on any atom is -0.489 e. The van der Waals surface area contributed by atoms with Crippen molar-refractivity contribution in [3.8, 4) is 5.75 Å². The average molecular weight is 283 g/mol. The number of halogens is 1. The summed E-state index contributed by atoms with van der Waals surface area (Å²) in [7, 11) is 0. The summed E-state index contributed by atoms with van der Waals surface area (Å²) in [4.78, 5) is 2.67. The Balaban J connectivity index is 1.90. The molecule has 0 bridgehead atoms. The summed E-state index contributed by atoms with van der Waals surface area (Å²) >= 11 is 0. The van der Waals surface area contributed by atoms with Crippen LogP contribution < -0.4 is 4.74 Å². The van der Waals surface area contributed by atoms with E-state index in [9.17, 15) is 4.39 Å². The average Bonchev–Trinajstić information content (AvgIpc) is 2.51. The molecule has 21 heavy (non-hydrogen) atoms. The lowest BCUT2D eigenvalue weighted by Crippen LogP contribution is -1.95. The maximum atomic E-state index is 13.0. The van der Waals surface area contributed by atoms with Gasteiger partial charge in [0, 0.05) is 11.5 Å². The Morgan fingerprint density at radius 2 is 2.00 bits per heavy atom. The highest BCUT2D eigenvalue weighted by Crippen LogP contribution is 2.15. The van der Waals surface area contributed by atoms with Gasteiger partial charge in [0.15, 0.2) is 0 Å². The molecule has 0 aromatic heterocycles. The summed E-state index contributed by atoms with van der Waals surface area (Å²) in [5.74, 6) is 0.447. The molecule has 0 amide bonds. The van der Waals surface area contributed by atoms with Crippen LogP contribution in [0.1, 0.15) is 11.1 Å². The Labute approximate surface area is 122 Å². The quantitative estimate of drug-likeness (QED) is 0.429. The summed E-state index contributed by atoms with van der Waals surface area (Å²) in [5.41, 5.74) is 9.93. The van der Waals surface area contributed by atoms with E-state index in [0.29, 0.717) is 18.9 Å². The largest absolute Gasteiger partial charge is 0.489 e. The predicted octanol–water partition coefficient (Wildman–Crippen LogP) is 4.73. The third-order valence-electron chi connectivity index (χ3n) is 2.74. The van der Waals surface area contributed by atoms with E-state index in [-0.39, 0.29) is 5.82 Å². The Bertz CT molecular complexity index is 661. The molecule has 2 aromatic carbocycles. The second kappa shape index (κ2) is 7.72. The van der Waals surface area contributed by atoms with Gasteiger partial charge in [0.25, 0.3) is 0 Å². The van der Waals surface area contributed by atoms with Crippen molar-refractivity contribution in [1.82, 2.24) is 0 Å². The van der Waals surface area contributed by atoms with Gasteiger partial charge in [-0.2, -0.15) is 0 Å². The summed E-state index contributed by atoms with van der Waals surface area (Å²) in [5, 5.41) is 3.41. The predicted molar refractivity (Wildman–Crippen MR) is 80.2 cm³/mol. The molecule has 4 nitrogen and oxygen atoms in total. The molecule has 106 valence electrons. The van der Waals surface area contributed by atoms with Gasteiger partial charge in [-0.1, -0.05) is 41.5 Å². The van der Waals surface area contributed by atoms with Crippen molar-refractivity contribution in [1.29, 1.82) is 0 Å². The number of hydrogen-bond acceptors (Lipinski definition) is 2. The maximum Gasteiger partial charge on any atom is 0.123 e. The Morgan fingerprint density at radius 1 is 1.19 bits per heavy atom. The van der Waals surface area contributed by atoms with Crippen molar-refractivity contribution in [2.24, 2.45) is 5.11 Å². The third kappa shape index (κ3) is 5.01. The van der Waals surface area contributed by atoms with Crippen LogP contribution in [0.5, 0.6) is 5.75 Å². The van der Waals surface area contributed by atoms with Gasteiger partial charge in [-0.25, -0.2) is 4.39 Å². The van der Waals surface area contributed by atoms with Gasteiger partial charge in [-0.3, -0.25) is 0 Å². The van der Waals surface area contributed by atoms with Gasteiger partial charge >= 0.3 is 0 Å². The van der Waals surface area contributed by atoms with Gasteiger partial charge in [-0.15, -0.1) is 0 Å². The minimum absolute atomic E-state index is 0.267. The molecule has 0 saturated carbocycles. The van der Waals surface area contributed by atoms with Crippen LogP contribution in [0.15, 0.2) is 59.7 Å². The number of nitrogens with zero attached hydrogens (tertiary/aromatic N) is 3. The minimum atomic E-state index is -0.267. The van der Waals surface area contributed by atoms with Gasteiger partial charge in [0.2, 0.25) is 0 Å². The molecule has 0 N–H and O–H groups in total. The molecule has 0 fully saturated rings. The molecule has 5 heteroatoms. The first-order valence-electron chi connectivity index (χ1n) is 6.42. The van der Waals surface area contributed by atoms with E-state index in [4.69, 9.17) is 10.3 Å². The number of rotatable bonds is 6. The van der Waals surface area contributed by atoms with Crippen molar-refractivity contribution in [3.05, 3.63) is 82.0 Å². The van der Waals surface area contributed by atoms with E-state index >= 15 is 0 Å². The SMILES string of the molecule is [N-]=[N+]=NCC=Cc1ccc(OCc2cccc(F)c2)cc1. The Morgan fingerprint density at radius 3 is 2.71 bits per heavy atom. The van der Waals surface area contributed by atoms with Crippen LogP contribution in [0, 0.1) is 5.82 Å². The zero-order valence-electron chi connectivity index (χ0n) is 11.3. The molecule has 0 saturated heterocycles. The number of ether oxygens (including phenoxy) is 1. The smallest absolute Gasteiger partial charge is 0.123 e. The molecule has 0 unspecified atom stereocenters. The fraction of sp³-hybridized carbons (Fsp3) is 0.125. The molecule has 2 aromatic rings. The molecular formula is C16H14FN3O. The lowest BCUT2D eigenvalue weighted by atomic mass is 10.2. The van der Waals surface area contributed by atoms with Crippen LogP contribution in [0.25, 0.3) is 16.5 Å². The van der Waals surface area contributed by atoms with Crippen LogP contribution in [0.2, 0.25) is 0 Å². The fourth-order valence-corrected chi connectivity index (χ4v) is 1.74. The topological polar surface area (TPSA) is 58.0 Å². The van der Waals surface area contributed by atoms with Gasteiger partial charge in [0.1, 0.15) is 18.2 Å². The molecule has 0 spiro atoms. The van der Waals surface area contributed by atoms with Crippen LogP contribution in [-0.2, 0) is 6.61 Å². The van der Waals surface area contributed by atoms with Crippen molar-refractivity contribution in [2.45, 2.75) is 6.61 Å². The van der Waals surface area contributed by atoms with Gasteiger partial charge in [-0.05, 0) is 40.9 Å². The van der Waals surface area contributed by atoms with Crippen molar-refractivity contribution in [3.63, 3.8) is 0 Å². The Kier molecular flexibility index (Phi) is 5.38. The first kappa shape index (κ1) is 14.6. The highest BCUT2D eigenvalue weighted by Gasteiger charge is 1.97. The molecule has 0 atom stereocenters. The van der Waals surface area contributed by atoms with Gasteiger partial charge < -0.3 is 4.74 Å². The van der Waals surface area contributed by atoms with Gasteiger partial charge in [0.05, 0.1) is 0 Å². The molecule has 2 rings (SSSR count). The van der Waals surface area contributed by atoms with Crippen LogP contribution in [-0.4, -0.2) is 6.54 Å². The standard InChI is InChI=1S/C16H14FN3O/c17-15-5-1-3-14(11-15)12-21-16-8-6-13(7-9-16)4-2-10-19-20-18/h1-9,11H,10,12H2. The fourth-order valence-electron chi connectivity index (χ4n) is 1.74. The summed E-state index contributed by atoms with van der Waals surface area (Å²) in [6.07, 6.45) is 3.65. The third-order valence-corrected chi connectivity index (χ3v) is 2.74. The van der Waals surface area contributed by atoms with Crippen LogP contribution in [0.4, 0.5) is 4.39 Å². The Hall–Kier alpha value is -2.78. The number of azide groups is 1. The van der Waals surface area contributed by atoms with Crippen molar-refractivity contribution < 1.29 is 9.13 Å². The van der Waals surface area contributed by atoms with E-state index in [2.05, 4.69) is 10.0 Å². The molecule has 0 radical (unpaired) electrons. The molecule has 0 heterocycles. The van der Waals surface area contributed by atoms with Crippen molar-refractivity contribution >= 4 is 6.08 Å². The van der Waals surface area contributed by atoms with E-state index in [1.165, 1.54) is 12.1 Å². The molecular weight excluding hydrogens is 269 g/mol. The highest BCUT2D eigenvalue weighted by atomic mass is 19.1. The number of benzene rings is 2. The maximum absolute atomic E-state index is 13.0. The molecule has 0 aliphatic carbocycles. The lowest BCUT2D eigenvalue weighted by molar-refractivity contribution is 0.305. The second-order valence-electron chi connectivity index (χ2n) is 4.30. The monoisotopic (exact) mass is 283 g/mol. The van der Waals surface area contributed by atoms with Crippen molar-refractivity contribution in [2.75, 3.05) is 6.54 Å². The summed E-state index contributed by atoms with van der Waals surface area (Å²) < 4.78 is 18.6. The van der Waals surface area contributed by atoms with Crippen LogP contribution in [0.3, 0.4) is 0 Å². The van der Waals surface area contributed by atoms with E-state index in [0.717, 1.165) is 11.1 Å². The normalized spacial score (nSPS) is 10.3. The molecule has 0 aliphatic rings. The highest BCUT2D eigenvalue weighted by molar-refractivity contribution is 5.50.